The van der Waals surface area contributed by atoms with E-state index in [1.54, 1.807) is 12.7 Å². The van der Waals surface area contributed by atoms with Crippen LogP contribution in [0, 0.1) is 0 Å². The van der Waals surface area contributed by atoms with Gasteiger partial charge in [-0.15, -0.1) is 0 Å². The Hall–Kier alpha value is -1.47. The van der Waals surface area contributed by atoms with Crippen molar-refractivity contribution in [3.05, 3.63) is 0 Å². The number of aliphatic carboxylic acids is 1. The topological polar surface area (TPSA) is 97.1 Å². The van der Waals surface area contributed by atoms with Crippen LogP contribution in [0.2, 0.25) is 0 Å². The fourth-order valence-electron chi connectivity index (χ4n) is 1.69. The molecular weight excluding hydrogens is 224 g/mol. The molecular formula is C10H18N4O3. The summed E-state index contributed by atoms with van der Waals surface area (Å²) in [7, 11) is 0. The normalized spacial score (nSPS) is 25.2. The summed E-state index contributed by atoms with van der Waals surface area (Å²) in [6, 6.07) is 0. The van der Waals surface area contributed by atoms with Gasteiger partial charge >= 0.3 is 0 Å². The van der Waals surface area contributed by atoms with E-state index in [9.17, 15) is 9.90 Å². The van der Waals surface area contributed by atoms with Gasteiger partial charge in [0.1, 0.15) is 19.6 Å². The zero-order chi connectivity index (χ0) is 12.6. The molecule has 0 fully saturated rings. The van der Waals surface area contributed by atoms with E-state index in [1.165, 1.54) is 0 Å². The number of aliphatic hydroxyl groups is 1. The summed E-state index contributed by atoms with van der Waals surface area (Å²) in [6.45, 7) is 3.54. The standard InChI is InChI=1S/C7H12N2O3.C3H6N2/c10-4-3-9(5-7(11)12)2-1-8-6-9;1-2-5-3-4-1/h6,10H,1-5H2;3H,1-2H2,(H,4,5). The first kappa shape index (κ1) is 13.6. The van der Waals surface area contributed by atoms with Gasteiger partial charge in [-0.1, -0.05) is 0 Å². The van der Waals surface area contributed by atoms with Gasteiger partial charge in [-0.3, -0.25) is 9.48 Å². The molecule has 7 heteroatoms. The lowest BCUT2D eigenvalue weighted by Gasteiger charge is -2.29. The molecule has 1 unspecified atom stereocenters. The molecule has 0 aliphatic carbocycles. The third kappa shape index (κ3) is 4.92. The van der Waals surface area contributed by atoms with E-state index < -0.39 is 5.97 Å². The van der Waals surface area contributed by atoms with Crippen LogP contribution in [0.1, 0.15) is 0 Å². The lowest BCUT2D eigenvalue weighted by Crippen LogP contribution is -2.53. The van der Waals surface area contributed by atoms with E-state index in [-0.39, 0.29) is 17.6 Å². The number of aliphatic imine (C=N–C) groups is 2. The van der Waals surface area contributed by atoms with Crippen LogP contribution in [-0.4, -0.2) is 74.1 Å². The van der Waals surface area contributed by atoms with Gasteiger partial charge in [0.2, 0.25) is 0 Å². The summed E-state index contributed by atoms with van der Waals surface area (Å²) in [5.41, 5.74) is 0. The second-order valence-corrected chi connectivity index (χ2v) is 3.93. The number of hydrogen-bond acceptors (Lipinski definition) is 6. The van der Waals surface area contributed by atoms with E-state index in [4.69, 9.17) is 5.11 Å². The van der Waals surface area contributed by atoms with Crippen molar-refractivity contribution in [2.24, 2.45) is 9.98 Å². The average Bonchev–Trinajstić information content (AvgIpc) is 2.90. The maximum absolute atomic E-state index is 10.4. The Labute approximate surface area is 100 Å². The van der Waals surface area contributed by atoms with Crippen molar-refractivity contribution >= 4 is 18.6 Å². The monoisotopic (exact) mass is 242 g/mol. The number of nitrogens with one attached hydrogen (secondary N) is 1. The molecule has 2 aliphatic heterocycles. The van der Waals surface area contributed by atoms with E-state index in [1.807, 2.05) is 0 Å². The quantitative estimate of drug-likeness (QED) is 0.521. The van der Waals surface area contributed by atoms with Crippen LogP contribution >= 0.6 is 0 Å². The van der Waals surface area contributed by atoms with E-state index in [2.05, 4.69) is 15.3 Å². The Bertz CT molecular complexity index is 300. The molecule has 0 aromatic rings. The molecule has 2 heterocycles. The number of aliphatic hydroxyl groups excluding tert-OH is 1. The van der Waals surface area contributed by atoms with E-state index in [0.29, 0.717) is 19.6 Å². The van der Waals surface area contributed by atoms with Crippen LogP contribution in [0.3, 0.4) is 0 Å². The maximum atomic E-state index is 10.4. The van der Waals surface area contributed by atoms with Crippen LogP contribution in [0.15, 0.2) is 9.98 Å². The highest BCUT2D eigenvalue weighted by molar-refractivity contribution is 5.67. The van der Waals surface area contributed by atoms with Gasteiger partial charge in [0.05, 0.1) is 32.0 Å². The average molecular weight is 242 g/mol. The first-order valence-corrected chi connectivity index (χ1v) is 5.58. The van der Waals surface area contributed by atoms with Crippen molar-refractivity contribution in [2.45, 2.75) is 0 Å². The Morgan fingerprint density at radius 2 is 2.29 bits per heavy atom. The molecule has 0 aromatic heterocycles. The minimum atomic E-state index is -1.10. The van der Waals surface area contributed by atoms with Crippen LogP contribution in [-0.2, 0) is 4.79 Å². The predicted octanol–water partition coefficient (Wildman–Crippen LogP) is -2.79. The van der Waals surface area contributed by atoms with Crippen LogP contribution in [0.4, 0.5) is 0 Å². The fraction of sp³-hybridized carbons (Fsp3) is 0.700. The molecule has 2 aliphatic rings. The van der Waals surface area contributed by atoms with Crippen molar-refractivity contribution in [1.82, 2.24) is 5.32 Å². The lowest BCUT2D eigenvalue weighted by molar-refractivity contribution is -0.823. The Morgan fingerprint density at radius 3 is 2.65 bits per heavy atom. The minimum absolute atomic E-state index is 0.0285. The number of carbonyl (C=O) groups is 1. The highest BCUT2D eigenvalue weighted by Crippen LogP contribution is 2.07. The molecule has 0 amide bonds. The van der Waals surface area contributed by atoms with Crippen LogP contribution < -0.4 is 10.4 Å². The second-order valence-electron chi connectivity index (χ2n) is 3.93. The molecule has 17 heavy (non-hydrogen) atoms. The molecule has 0 saturated heterocycles. The SMILES string of the molecule is C1=NCCN1.O=C([O-])C[N+]1(CCO)C=NCC1. The number of carboxylic acids is 1. The molecule has 0 radical (unpaired) electrons. The minimum Gasteiger partial charge on any atom is -0.544 e. The van der Waals surface area contributed by atoms with Crippen LogP contribution in [0.5, 0.6) is 0 Å². The third-order valence-electron chi connectivity index (χ3n) is 2.56. The first-order valence-electron chi connectivity index (χ1n) is 5.58. The van der Waals surface area contributed by atoms with Crippen molar-refractivity contribution in [3.8, 4) is 0 Å². The fourth-order valence-corrected chi connectivity index (χ4v) is 1.69. The van der Waals surface area contributed by atoms with Gasteiger partial charge in [0.15, 0.2) is 6.34 Å². The molecule has 2 rings (SSSR count). The lowest BCUT2D eigenvalue weighted by atomic mass is 10.4. The molecule has 7 nitrogen and oxygen atoms in total. The number of nitrogens with zero attached hydrogens (tertiary/aromatic N) is 3. The molecule has 0 aromatic carbocycles. The van der Waals surface area contributed by atoms with E-state index in [0.717, 1.165) is 13.1 Å². The first-order chi connectivity index (χ1) is 8.18. The molecule has 0 spiro atoms. The summed E-state index contributed by atoms with van der Waals surface area (Å²) in [4.78, 5) is 18.2. The van der Waals surface area contributed by atoms with Gasteiger partial charge in [-0.2, -0.15) is 0 Å². The summed E-state index contributed by atoms with van der Waals surface area (Å²) < 4.78 is 0.221. The summed E-state index contributed by atoms with van der Waals surface area (Å²) in [5.74, 6) is -1.10. The second kappa shape index (κ2) is 6.97. The van der Waals surface area contributed by atoms with Gasteiger partial charge in [-0.25, -0.2) is 4.99 Å². The molecule has 96 valence electrons. The Morgan fingerprint density at radius 1 is 1.47 bits per heavy atom. The van der Waals surface area contributed by atoms with Crippen molar-refractivity contribution in [2.75, 3.05) is 45.9 Å². The maximum Gasteiger partial charge on any atom is 0.185 e. The van der Waals surface area contributed by atoms with Crippen molar-refractivity contribution < 1.29 is 19.5 Å². The van der Waals surface area contributed by atoms with Crippen molar-refractivity contribution in [3.63, 3.8) is 0 Å². The summed E-state index contributed by atoms with van der Waals surface area (Å²) in [5, 5.41) is 22.0. The summed E-state index contributed by atoms with van der Waals surface area (Å²) in [6.07, 6.45) is 3.33. The predicted molar refractivity (Wildman–Crippen MR) is 61.7 cm³/mol. The van der Waals surface area contributed by atoms with Gasteiger partial charge < -0.3 is 20.3 Å². The van der Waals surface area contributed by atoms with E-state index >= 15 is 0 Å². The molecule has 2 N–H and O–H groups in total. The third-order valence-corrected chi connectivity index (χ3v) is 2.56. The molecule has 1 atom stereocenters. The number of carbonyl (C=O) groups excluding carboxylic acids is 1. The smallest absolute Gasteiger partial charge is 0.185 e. The van der Waals surface area contributed by atoms with Crippen LogP contribution in [0.25, 0.3) is 0 Å². The number of rotatable bonds is 4. The molecule has 0 saturated carbocycles. The molecule has 0 bridgehead atoms. The highest BCUT2D eigenvalue weighted by atomic mass is 16.4. The summed E-state index contributed by atoms with van der Waals surface area (Å²) >= 11 is 0. The zero-order valence-electron chi connectivity index (χ0n) is 9.71. The van der Waals surface area contributed by atoms with Gasteiger partial charge in [-0.05, 0) is 0 Å². The van der Waals surface area contributed by atoms with Gasteiger partial charge in [0, 0.05) is 6.54 Å². The highest BCUT2D eigenvalue weighted by Gasteiger charge is 2.28. The zero-order valence-corrected chi connectivity index (χ0v) is 9.71. The Kier molecular flexibility index (Phi) is 5.58. The Balaban J connectivity index is 0.000000239. The van der Waals surface area contributed by atoms with Gasteiger partial charge in [0.25, 0.3) is 0 Å². The van der Waals surface area contributed by atoms with Crippen molar-refractivity contribution in [1.29, 1.82) is 0 Å². The largest absolute Gasteiger partial charge is 0.544 e. The number of quaternary nitrogens is 1. The number of hydrogen-bond donors (Lipinski definition) is 2. The number of carboxylic acid groups (broad SMARTS) is 1.